The van der Waals surface area contributed by atoms with E-state index in [0.29, 0.717) is 0 Å². The van der Waals surface area contributed by atoms with Gasteiger partial charge in [-0.1, -0.05) is 30.3 Å². The van der Waals surface area contributed by atoms with Crippen LogP contribution in [-0.2, 0) is 4.74 Å². The van der Waals surface area contributed by atoms with Gasteiger partial charge in [-0.25, -0.2) is 4.79 Å². The van der Waals surface area contributed by atoms with Gasteiger partial charge in [0.25, 0.3) is 0 Å². The first-order valence-electron chi connectivity index (χ1n) is 9.16. The highest BCUT2D eigenvalue weighted by Gasteiger charge is 2.44. The zero-order valence-corrected chi connectivity index (χ0v) is 15.2. The number of rotatable bonds is 1. The summed E-state index contributed by atoms with van der Waals surface area (Å²) in [5.41, 5.74) is 0.811. The molecule has 1 amide bonds. The molecule has 0 spiro atoms. The normalized spacial score (nSPS) is 23.2. The van der Waals surface area contributed by atoms with Crippen molar-refractivity contribution in [3.8, 4) is 0 Å². The van der Waals surface area contributed by atoms with E-state index in [9.17, 15) is 4.79 Å². The fourth-order valence-electron chi connectivity index (χ4n) is 4.10. The van der Waals surface area contributed by atoms with E-state index in [0.717, 1.165) is 25.9 Å². The number of piperazine rings is 1. The van der Waals surface area contributed by atoms with E-state index in [2.05, 4.69) is 47.4 Å². The highest BCUT2D eigenvalue weighted by atomic mass is 16.6. The third-order valence-corrected chi connectivity index (χ3v) is 5.18. The lowest BCUT2D eigenvalue weighted by molar-refractivity contribution is 0.0123. The van der Waals surface area contributed by atoms with E-state index < -0.39 is 5.60 Å². The molecule has 2 bridgehead atoms. The van der Waals surface area contributed by atoms with E-state index in [4.69, 9.17) is 4.74 Å². The van der Waals surface area contributed by atoms with Crippen molar-refractivity contribution < 1.29 is 9.53 Å². The molecule has 2 aromatic rings. The van der Waals surface area contributed by atoms with Gasteiger partial charge in [-0.05, 0) is 56.5 Å². The van der Waals surface area contributed by atoms with E-state index in [1.54, 1.807) is 0 Å². The minimum Gasteiger partial charge on any atom is -0.444 e. The fraction of sp³-hybridized carbons (Fsp3) is 0.476. The van der Waals surface area contributed by atoms with E-state index in [1.165, 1.54) is 16.5 Å². The van der Waals surface area contributed by atoms with E-state index >= 15 is 0 Å². The number of benzene rings is 2. The Hall–Kier alpha value is -2.23. The van der Waals surface area contributed by atoms with Crippen molar-refractivity contribution in [1.29, 1.82) is 0 Å². The number of carbonyl (C=O) groups excluding carboxylic acids is 1. The van der Waals surface area contributed by atoms with Gasteiger partial charge in [0.15, 0.2) is 0 Å². The van der Waals surface area contributed by atoms with Crippen LogP contribution < -0.4 is 4.90 Å². The molecule has 2 unspecified atom stereocenters. The number of fused-ring (bicyclic) bond motifs is 3. The summed E-state index contributed by atoms with van der Waals surface area (Å²) in [4.78, 5) is 17.0. The largest absolute Gasteiger partial charge is 0.444 e. The number of nitrogens with zero attached hydrogens (tertiary/aromatic N) is 2. The minimum absolute atomic E-state index is 0.154. The quantitative estimate of drug-likeness (QED) is 0.771. The lowest BCUT2D eigenvalue weighted by atomic mass is 10.1. The topological polar surface area (TPSA) is 32.8 Å². The van der Waals surface area contributed by atoms with Gasteiger partial charge in [0.2, 0.25) is 0 Å². The first kappa shape index (κ1) is 16.2. The molecular weight excluding hydrogens is 312 g/mol. The Balaban J connectivity index is 1.53. The molecule has 2 aliphatic heterocycles. The Morgan fingerprint density at radius 3 is 2.28 bits per heavy atom. The van der Waals surface area contributed by atoms with Gasteiger partial charge < -0.3 is 9.64 Å². The van der Waals surface area contributed by atoms with Gasteiger partial charge in [0.05, 0.1) is 12.1 Å². The fourth-order valence-corrected chi connectivity index (χ4v) is 4.10. The highest BCUT2D eigenvalue weighted by Crippen LogP contribution is 2.34. The molecule has 2 fully saturated rings. The van der Waals surface area contributed by atoms with E-state index in [-0.39, 0.29) is 18.2 Å². The van der Waals surface area contributed by atoms with Crippen LogP contribution in [0.25, 0.3) is 10.8 Å². The van der Waals surface area contributed by atoms with Crippen LogP contribution in [0.5, 0.6) is 0 Å². The smallest absolute Gasteiger partial charge is 0.410 e. The van der Waals surface area contributed by atoms with Gasteiger partial charge in [0, 0.05) is 18.8 Å². The van der Waals surface area contributed by atoms with Crippen LogP contribution in [-0.4, -0.2) is 41.8 Å². The predicted molar refractivity (Wildman–Crippen MR) is 101 cm³/mol. The summed E-state index contributed by atoms with van der Waals surface area (Å²) in [7, 11) is 0. The molecular formula is C21H26N2O2. The maximum Gasteiger partial charge on any atom is 0.410 e. The van der Waals surface area contributed by atoms with E-state index in [1.807, 2.05) is 25.7 Å². The van der Waals surface area contributed by atoms with Crippen LogP contribution in [0.3, 0.4) is 0 Å². The molecule has 4 heteroatoms. The molecule has 132 valence electrons. The van der Waals surface area contributed by atoms with Gasteiger partial charge >= 0.3 is 6.09 Å². The molecule has 0 N–H and O–H groups in total. The van der Waals surface area contributed by atoms with Crippen molar-refractivity contribution in [2.24, 2.45) is 0 Å². The number of amides is 1. The van der Waals surface area contributed by atoms with Crippen molar-refractivity contribution in [3.05, 3.63) is 42.5 Å². The molecule has 4 nitrogen and oxygen atoms in total. The van der Waals surface area contributed by atoms with Crippen LogP contribution in [0.2, 0.25) is 0 Å². The van der Waals surface area contributed by atoms with Gasteiger partial charge in [-0.2, -0.15) is 0 Å². The maximum absolute atomic E-state index is 12.6. The number of hydrogen-bond acceptors (Lipinski definition) is 3. The van der Waals surface area contributed by atoms with Crippen LogP contribution in [0, 0.1) is 0 Å². The highest BCUT2D eigenvalue weighted by molar-refractivity contribution is 5.86. The molecule has 4 rings (SSSR count). The predicted octanol–water partition coefficient (Wildman–Crippen LogP) is 4.43. The van der Waals surface area contributed by atoms with Crippen LogP contribution in [0.4, 0.5) is 10.5 Å². The number of hydrogen-bond donors (Lipinski definition) is 0. The summed E-state index contributed by atoms with van der Waals surface area (Å²) in [6.45, 7) is 7.55. The molecule has 0 aliphatic carbocycles. The monoisotopic (exact) mass is 338 g/mol. The van der Waals surface area contributed by atoms with Crippen molar-refractivity contribution in [1.82, 2.24) is 4.90 Å². The summed E-state index contributed by atoms with van der Waals surface area (Å²) in [5, 5.41) is 2.53. The third kappa shape index (κ3) is 3.17. The Kier molecular flexibility index (Phi) is 3.86. The molecule has 2 saturated heterocycles. The maximum atomic E-state index is 12.6. The van der Waals surface area contributed by atoms with Crippen molar-refractivity contribution in [2.45, 2.75) is 51.3 Å². The molecule has 0 radical (unpaired) electrons. The molecule has 2 heterocycles. The average molecular weight is 338 g/mol. The van der Waals surface area contributed by atoms with Crippen LogP contribution in [0.1, 0.15) is 33.6 Å². The second-order valence-corrected chi connectivity index (χ2v) is 8.21. The first-order chi connectivity index (χ1) is 11.9. The zero-order chi connectivity index (χ0) is 17.6. The summed E-state index contributed by atoms with van der Waals surface area (Å²) in [5.74, 6) is 0. The molecule has 2 atom stereocenters. The molecule has 25 heavy (non-hydrogen) atoms. The third-order valence-electron chi connectivity index (χ3n) is 5.18. The van der Waals surface area contributed by atoms with Gasteiger partial charge in [-0.15, -0.1) is 0 Å². The minimum atomic E-state index is -0.438. The lowest BCUT2D eigenvalue weighted by Gasteiger charge is -2.42. The Labute approximate surface area is 149 Å². The lowest BCUT2D eigenvalue weighted by Crippen LogP contribution is -2.56. The van der Waals surface area contributed by atoms with Crippen molar-refractivity contribution in [2.75, 3.05) is 18.0 Å². The second kappa shape index (κ2) is 5.94. The number of ether oxygens (including phenoxy) is 1. The summed E-state index contributed by atoms with van der Waals surface area (Å²) in [6, 6.07) is 15.6. The molecule has 0 aromatic heterocycles. The number of anilines is 1. The number of carbonyl (C=O) groups is 1. The molecule has 2 aromatic carbocycles. The standard InChI is InChI=1S/C21H26N2O2/c1-21(2,3)25-20(24)23-18-10-11-19(23)14-22(13-18)17-9-8-15-6-4-5-7-16(15)12-17/h4-9,12,18-19H,10-11,13-14H2,1-3H3. The first-order valence-corrected chi connectivity index (χ1v) is 9.16. The average Bonchev–Trinajstić information content (AvgIpc) is 2.83. The Morgan fingerprint density at radius 1 is 1.00 bits per heavy atom. The summed E-state index contributed by atoms with van der Waals surface area (Å²) < 4.78 is 5.63. The van der Waals surface area contributed by atoms with Crippen LogP contribution in [0.15, 0.2) is 42.5 Å². The van der Waals surface area contributed by atoms with Crippen LogP contribution >= 0.6 is 0 Å². The van der Waals surface area contributed by atoms with Gasteiger partial charge in [-0.3, -0.25) is 4.90 Å². The second-order valence-electron chi connectivity index (χ2n) is 8.21. The Bertz CT molecular complexity index is 782. The molecule has 2 aliphatic rings. The van der Waals surface area contributed by atoms with Crippen molar-refractivity contribution >= 4 is 22.6 Å². The van der Waals surface area contributed by atoms with Crippen molar-refractivity contribution in [3.63, 3.8) is 0 Å². The van der Waals surface area contributed by atoms with Gasteiger partial charge in [0.1, 0.15) is 5.60 Å². The summed E-state index contributed by atoms with van der Waals surface area (Å²) in [6.07, 6.45) is 1.97. The SMILES string of the molecule is CC(C)(C)OC(=O)N1C2CCC1CN(c1ccc3ccccc3c1)C2. The zero-order valence-electron chi connectivity index (χ0n) is 15.2. The molecule has 0 saturated carbocycles. The summed E-state index contributed by atoms with van der Waals surface area (Å²) >= 11 is 0. The Morgan fingerprint density at radius 2 is 1.64 bits per heavy atom.